The van der Waals surface area contributed by atoms with E-state index in [0.717, 1.165) is 94.4 Å². The van der Waals surface area contributed by atoms with Gasteiger partial charge in [0.25, 0.3) is 0 Å². The van der Waals surface area contributed by atoms with Crippen LogP contribution in [0.15, 0.2) is 193 Å². The van der Waals surface area contributed by atoms with Gasteiger partial charge in [-0.1, -0.05) is 175 Å². The van der Waals surface area contributed by atoms with Crippen LogP contribution in [0, 0.1) is 17.9 Å². The monoisotopic (exact) mass is 1090 g/mol. The summed E-state index contributed by atoms with van der Waals surface area (Å²) in [4.78, 5) is 9.56. The minimum Gasteiger partial charge on any atom is -0.501 e. The molecule has 4 nitrogen and oxygen atoms in total. The second-order valence-corrected chi connectivity index (χ2v) is 19.0. The van der Waals surface area contributed by atoms with E-state index in [1.165, 1.54) is 17.7 Å². The van der Waals surface area contributed by atoms with Crippen molar-refractivity contribution in [3.05, 3.63) is 223 Å². The van der Waals surface area contributed by atoms with Gasteiger partial charge in [0.2, 0.25) is 0 Å². The van der Waals surface area contributed by atoms with Crippen LogP contribution in [-0.4, -0.2) is 14.5 Å². The Balaban J connectivity index is 0.000000302. The maximum atomic E-state index is 12.8. The number of benzene rings is 8. The average Bonchev–Trinajstić information content (AvgIpc) is 3.95. The maximum absolute atomic E-state index is 12.8. The van der Waals surface area contributed by atoms with Gasteiger partial charge in [0.1, 0.15) is 5.58 Å². The van der Waals surface area contributed by atoms with Crippen LogP contribution in [0.1, 0.15) is 79.7 Å². The molecular formula is C64H54FIrN3O-2. The van der Waals surface area contributed by atoms with Gasteiger partial charge < -0.3 is 14.0 Å². The Hall–Kier alpha value is -7.24. The summed E-state index contributed by atoms with van der Waals surface area (Å²) in [6.45, 7) is 14.1. The second-order valence-electron chi connectivity index (χ2n) is 19.0. The van der Waals surface area contributed by atoms with Gasteiger partial charge in [-0.25, -0.2) is 0 Å². The molecule has 1 radical (unpaired) electrons. The van der Waals surface area contributed by atoms with Gasteiger partial charge in [-0.05, 0) is 109 Å². The number of pyridine rings is 1. The van der Waals surface area contributed by atoms with Gasteiger partial charge in [0, 0.05) is 45.9 Å². The Kier molecular flexibility index (Phi) is 12.9. The van der Waals surface area contributed by atoms with E-state index in [0.29, 0.717) is 11.4 Å². The number of fused-ring (bicyclic) bond motifs is 4. The van der Waals surface area contributed by atoms with Crippen LogP contribution in [0.25, 0.3) is 94.7 Å². The number of furan rings is 1. The van der Waals surface area contributed by atoms with E-state index in [2.05, 4.69) is 140 Å². The molecule has 0 fully saturated rings. The minimum atomic E-state index is -1.03. The maximum Gasteiger partial charge on any atom is 0.121 e. The largest absolute Gasteiger partial charge is 0.501 e. The molecule has 0 spiro atoms. The van der Waals surface area contributed by atoms with E-state index in [-0.39, 0.29) is 31.3 Å². The molecule has 0 aliphatic carbocycles. The molecule has 0 aliphatic rings. The van der Waals surface area contributed by atoms with Crippen molar-refractivity contribution >= 4 is 33.0 Å². The Bertz CT molecular complexity index is 3660. The molecule has 0 atom stereocenters. The molecule has 3 heterocycles. The molecule has 349 valence electrons. The zero-order valence-corrected chi connectivity index (χ0v) is 42.8. The first-order chi connectivity index (χ1) is 34.0. The van der Waals surface area contributed by atoms with Crippen molar-refractivity contribution in [1.29, 1.82) is 0 Å². The smallest absolute Gasteiger partial charge is 0.121 e. The van der Waals surface area contributed by atoms with Crippen molar-refractivity contribution in [1.82, 2.24) is 14.5 Å². The fourth-order valence-electron chi connectivity index (χ4n) is 9.04. The number of nitrogens with zero attached hydrogens (tertiary/aromatic N) is 3. The van der Waals surface area contributed by atoms with E-state index in [1.807, 2.05) is 94.4 Å². The summed E-state index contributed by atoms with van der Waals surface area (Å²) in [5, 5.41) is 2.00. The molecule has 0 N–H and O–H groups in total. The number of hydrogen-bond acceptors (Lipinski definition) is 3. The Morgan fingerprint density at radius 1 is 0.614 bits per heavy atom. The number of hydrogen-bond donors (Lipinski definition) is 0. The molecule has 0 amide bonds. The molecule has 3 aromatic heterocycles. The molecule has 11 rings (SSSR count). The molecular weight excluding hydrogens is 1040 g/mol. The summed E-state index contributed by atoms with van der Waals surface area (Å²) >= 11 is 0. The van der Waals surface area contributed by atoms with Crippen LogP contribution in [0.2, 0.25) is 0 Å². The zero-order chi connectivity index (χ0) is 49.7. The predicted octanol–water partition coefficient (Wildman–Crippen LogP) is 17.6. The number of imidazole rings is 1. The number of para-hydroxylation sites is 2. The van der Waals surface area contributed by atoms with Gasteiger partial charge in [-0.15, -0.1) is 48.0 Å². The first-order valence-corrected chi connectivity index (χ1v) is 23.4. The summed E-state index contributed by atoms with van der Waals surface area (Å²) in [5.41, 5.74) is 15.7. The fourth-order valence-corrected chi connectivity index (χ4v) is 9.04. The second kappa shape index (κ2) is 20.0. The molecule has 0 aliphatic heterocycles. The summed E-state index contributed by atoms with van der Waals surface area (Å²) in [5.74, 6) is -1.68. The van der Waals surface area contributed by atoms with Gasteiger partial charge in [-0.2, -0.15) is 0 Å². The summed E-state index contributed by atoms with van der Waals surface area (Å²) in [6.07, 6.45) is 1.78. The van der Waals surface area contributed by atoms with Crippen LogP contribution in [-0.2, 0) is 25.5 Å². The van der Waals surface area contributed by atoms with Crippen LogP contribution < -0.4 is 0 Å². The molecule has 8 aromatic carbocycles. The standard InChI is InChI=1S/C49H39N2O.C15H15FN.Ir/c1-31(2)42-28-38(36-24-22-35(23-25-36)33-14-7-5-8-15-33)29-43(32(3)4)47(42)51-45-21-12-11-20-44(45)50-49(51)41-19-13-18-40-39-27-26-37(30-46(39)52-48(40)41)34-16-9-6-10-17-34;1-15(2,3)12-8-9-17-14(10-12)11-4-6-13(16)7-5-11;/h5-18,20-32H,1-4H3;4,6-10H,1-3H3;/q2*-1;/i31D,32D;;. The molecule has 70 heavy (non-hydrogen) atoms. The fraction of sp³-hybridized carbons (Fsp3) is 0.156. The number of aromatic nitrogens is 3. The average molecular weight is 1090 g/mol. The Labute approximate surface area is 427 Å². The summed E-state index contributed by atoms with van der Waals surface area (Å²) in [6, 6.07) is 66.8. The Morgan fingerprint density at radius 2 is 1.21 bits per heavy atom. The molecule has 0 unspecified atom stereocenters. The summed E-state index contributed by atoms with van der Waals surface area (Å²) in [7, 11) is 0. The van der Waals surface area contributed by atoms with Crippen LogP contribution in [0.4, 0.5) is 4.39 Å². The van der Waals surface area contributed by atoms with Crippen molar-refractivity contribution in [3.8, 4) is 61.7 Å². The van der Waals surface area contributed by atoms with Gasteiger partial charge in [0.05, 0.1) is 22.4 Å². The van der Waals surface area contributed by atoms with E-state index in [1.54, 1.807) is 12.3 Å². The first kappa shape index (κ1) is 45.2. The van der Waals surface area contributed by atoms with Gasteiger partial charge in [-0.3, -0.25) is 9.37 Å². The third-order valence-corrected chi connectivity index (χ3v) is 12.7. The van der Waals surface area contributed by atoms with Crippen LogP contribution >= 0.6 is 0 Å². The summed E-state index contributed by atoms with van der Waals surface area (Å²) < 4.78 is 40.9. The predicted molar refractivity (Wildman–Crippen MR) is 284 cm³/mol. The van der Waals surface area contributed by atoms with E-state index < -0.39 is 11.8 Å². The minimum absolute atomic E-state index is 0. The molecule has 0 saturated heterocycles. The van der Waals surface area contributed by atoms with E-state index >= 15 is 0 Å². The molecule has 6 heteroatoms. The molecule has 0 bridgehead atoms. The van der Waals surface area contributed by atoms with E-state index in [9.17, 15) is 7.13 Å². The Morgan fingerprint density at radius 3 is 1.84 bits per heavy atom. The number of rotatable bonds is 8. The van der Waals surface area contributed by atoms with Crippen molar-refractivity contribution in [3.63, 3.8) is 0 Å². The SMILES string of the molecule is CC(C)(C)c1ccnc(-c2[c-]cc(F)cc2)c1.[2H]C(C)(C)c1cc(-c2ccc(-c3ccccc3)cc2)cc(C([2H])(C)C)c1-n1c(-c2[c-]ccc3c2oc2cc(-c4ccccc4)ccc23)nc2ccccc21.[Ir]. The van der Waals surface area contributed by atoms with Crippen molar-refractivity contribution in [2.45, 2.75) is 65.7 Å². The molecule has 11 aromatic rings. The van der Waals surface area contributed by atoms with Gasteiger partial charge in [0.15, 0.2) is 0 Å². The van der Waals surface area contributed by atoms with Gasteiger partial charge >= 0.3 is 0 Å². The normalized spacial score (nSPS) is 12.3. The zero-order valence-electron chi connectivity index (χ0n) is 42.4. The molecule has 0 saturated carbocycles. The number of halogens is 1. The van der Waals surface area contributed by atoms with Crippen molar-refractivity contribution in [2.24, 2.45) is 0 Å². The van der Waals surface area contributed by atoms with Crippen LogP contribution in [0.5, 0.6) is 0 Å². The topological polar surface area (TPSA) is 43.9 Å². The third-order valence-electron chi connectivity index (χ3n) is 12.7. The van der Waals surface area contributed by atoms with Crippen molar-refractivity contribution in [2.75, 3.05) is 0 Å². The third kappa shape index (κ3) is 9.55. The van der Waals surface area contributed by atoms with Crippen LogP contribution in [0.3, 0.4) is 0 Å². The van der Waals surface area contributed by atoms with Crippen molar-refractivity contribution < 1.29 is 31.7 Å². The quantitative estimate of drug-likeness (QED) is 0.142. The van der Waals surface area contributed by atoms with E-state index in [4.69, 9.17) is 9.40 Å². The first-order valence-electron chi connectivity index (χ1n) is 24.4.